The van der Waals surface area contributed by atoms with Gasteiger partial charge in [0.1, 0.15) is 0 Å². The van der Waals surface area contributed by atoms with Crippen LogP contribution in [0.4, 0.5) is 0 Å². The van der Waals surface area contributed by atoms with E-state index in [4.69, 9.17) is 5.11 Å². The first-order chi connectivity index (χ1) is 5.64. The summed E-state index contributed by atoms with van der Waals surface area (Å²) in [7, 11) is 0. The monoisotopic (exact) mass is 170 g/mol. The Morgan fingerprint density at radius 1 is 1.42 bits per heavy atom. The van der Waals surface area contributed by atoms with Gasteiger partial charge in [-0.1, -0.05) is 26.7 Å². The molecule has 0 aromatic rings. The van der Waals surface area contributed by atoms with Crippen LogP contribution in [0, 0.1) is 11.3 Å². The molecule has 1 rings (SSSR count). The van der Waals surface area contributed by atoms with Gasteiger partial charge in [-0.15, -0.1) is 0 Å². The third-order valence-electron chi connectivity index (χ3n) is 3.14. The fourth-order valence-electron chi connectivity index (χ4n) is 1.79. The smallest absolute Gasteiger partial charge is 0.309 e. The molecule has 12 heavy (non-hydrogen) atoms. The van der Waals surface area contributed by atoms with E-state index in [-0.39, 0.29) is 5.41 Å². The van der Waals surface area contributed by atoms with Gasteiger partial charge >= 0.3 is 5.97 Å². The van der Waals surface area contributed by atoms with Crippen molar-refractivity contribution in [2.75, 3.05) is 0 Å². The maximum atomic E-state index is 10.9. The zero-order chi connectivity index (χ0) is 9.19. The van der Waals surface area contributed by atoms with Crippen molar-refractivity contribution >= 4 is 5.97 Å². The Bertz CT molecular complexity index is 167. The highest BCUT2D eigenvalue weighted by molar-refractivity contribution is 5.77. The Labute approximate surface area is 74.0 Å². The molecular formula is C10H18O2. The summed E-state index contributed by atoms with van der Waals surface area (Å²) >= 11 is 0. The van der Waals surface area contributed by atoms with Crippen molar-refractivity contribution in [1.29, 1.82) is 0 Å². The van der Waals surface area contributed by atoms with Gasteiger partial charge in [0.15, 0.2) is 0 Å². The van der Waals surface area contributed by atoms with E-state index < -0.39 is 5.97 Å². The molecule has 0 atom stereocenters. The lowest BCUT2D eigenvalue weighted by molar-refractivity contribution is -0.144. The minimum atomic E-state index is -0.575. The van der Waals surface area contributed by atoms with E-state index in [0.717, 1.165) is 32.1 Å². The third-order valence-corrected chi connectivity index (χ3v) is 3.14. The Morgan fingerprint density at radius 2 is 1.92 bits per heavy atom. The summed E-state index contributed by atoms with van der Waals surface area (Å²) in [5.74, 6) is 0.0398. The fraction of sp³-hybridized carbons (Fsp3) is 0.900. The van der Waals surface area contributed by atoms with Crippen LogP contribution in [0.3, 0.4) is 0 Å². The molecule has 1 N–H and O–H groups in total. The maximum Gasteiger partial charge on any atom is 0.309 e. The van der Waals surface area contributed by atoms with Gasteiger partial charge in [0, 0.05) is 0 Å². The second-order valence-corrected chi connectivity index (χ2v) is 3.97. The van der Waals surface area contributed by atoms with Gasteiger partial charge in [0.05, 0.1) is 5.41 Å². The number of hydrogen-bond acceptors (Lipinski definition) is 1. The Balaban J connectivity index is 2.44. The number of carboxylic acid groups (broad SMARTS) is 1. The maximum absolute atomic E-state index is 10.9. The van der Waals surface area contributed by atoms with Crippen LogP contribution < -0.4 is 0 Å². The molecule has 0 aromatic heterocycles. The molecule has 0 spiro atoms. The van der Waals surface area contributed by atoms with Gasteiger partial charge in [-0.2, -0.15) is 0 Å². The molecule has 0 bridgehead atoms. The summed E-state index contributed by atoms with van der Waals surface area (Å²) in [5, 5.41) is 8.94. The Hall–Kier alpha value is -0.530. The first kappa shape index (κ1) is 9.56. The second kappa shape index (κ2) is 3.46. The number of rotatable bonds is 5. The highest BCUT2D eigenvalue weighted by atomic mass is 16.4. The molecule has 0 aliphatic heterocycles. The molecule has 2 nitrogen and oxygen atoms in total. The van der Waals surface area contributed by atoms with Crippen LogP contribution in [0.2, 0.25) is 0 Å². The zero-order valence-corrected chi connectivity index (χ0v) is 7.97. The Morgan fingerprint density at radius 3 is 2.17 bits per heavy atom. The van der Waals surface area contributed by atoms with Crippen LogP contribution in [0.5, 0.6) is 0 Å². The predicted molar refractivity (Wildman–Crippen MR) is 48.0 cm³/mol. The number of carboxylic acids is 1. The lowest BCUT2D eigenvalue weighted by atomic mass is 9.88. The highest BCUT2D eigenvalue weighted by Crippen LogP contribution is 2.51. The van der Waals surface area contributed by atoms with E-state index in [1.807, 2.05) is 0 Å². The summed E-state index contributed by atoms with van der Waals surface area (Å²) in [6.45, 7) is 4.29. The highest BCUT2D eigenvalue weighted by Gasteiger charge is 2.50. The van der Waals surface area contributed by atoms with Gasteiger partial charge in [0.2, 0.25) is 0 Å². The topological polar surface area (TPSA) is 37.3 Å². The van der Waals surface area contributed by atoms with E-state index in [1.54, 1.807) is 0 Å². The first-order valence-electron chi connectivity index (χ1n) is 4.88. The molecule has 70 valence electrons. The van der Waals surface area contributed by atoms with E-state index in [2.05, 4.69) is 13.8 Å². The molecule has 0 radical (unpaired) electrons. The van der Waals surface area contributed by atoms with Crippen molar-refractivity contribution < 1.29 is 9.90 Å². The molecule has 0 unspecified atom stereocenters. The zero-order valence-electron chi connectivity index (χ0n) is 7.97. The average Bonchev–Trinajstić information content (AvgIpc) is 2.81. The van der Waals surface area contributed by atoms with Crippen molar-refractivity contribution in [2.24, 2.45) is 11.3 Å². The number of hydrogen-bond donors (Lipinski definition) is 1. The minimum Gasteiger partial charge on any atom is -0.481 e. The Kier molecular flexibility index (Phi) is 2.76. The first-order valence-corrected chi connectivity index (χ1v) is 4.88. The van der Waals surface area contributed by atoms with Crippen LogP contribution in [-0.4, -0.2) is 11.1 Å². The van der Waals surface area contributed by atoms with Gasteiger partial charge in [0.25, 0.3) is 0 Å². The van der Waals surface area contributed by atoms with Crippen molar-refractivity contribution in [3.05, 3.63) is 0 Å². The van der Waals surface area contributed by atoms with Crippen LogP contribution in [0.15, 0.2) is 0 Å². The summed E-state index contributed by atoms with van der Waals surface area (Å²) < 4.78 is 0. The summed E-state index contributed by atoms with van der Waals surface area (Å²) in [5.41, 5.74) is -0.309. The molecule has 1 saturated carbocycles. The van der Waals surface area contributed by atoms with Crippen molar-refractivity contribution in [1.82, 2.24) is 0 Å². The molecule has 0 saturated heterocycles. The predicted octanol–water partition coefficient (Wildman–Crippen LogP) is 2.68. The van der Waals surface area contributed by atoms with Crippen LogP contribution in [0.25, 0.3) is 0 Å². The van der Waals surface area contributed by atoms with Gasteiger partial charge < -0.3 is 5.11 Å². The molecule has 0 amide bonds. The molecule has 1 aliphatic rings. The van der Waals surface area contributed by atoms with Crippen LogP contribution in [0.1, 0.15) is 46.0 Å². The summed E-state index contributed by atoms with van der Waals surface area (Å²) in [6.07, 6.45) is 4.93. The lowest BCUT2D eigenvalue weighted by Crippen LogP contribution is -2.18. The normalized spacial score (nSPS) is 19.6. The SMILES string of the molecule is CCC(CC)CC1(C(=O)O)CC1. The molecule has 0 heterocycles. The summed E-state index contributed by atoms with van der Waals surface area (Å²) in [6, 6.07) is 0. The fourth-order valence-corrected chi connectivity index (χ4v) is 1.79. The molecule has 0 aromatic carbocycles. The second-order valence-electron chi connectivity index (χ2n) is 3.97. The van der Waals surface area contributed by atoms with Crippen molar-refractivity contribution in [3.8, 4) is 0 Å². The molecular weight excluding hydrogens is 152 g/mol. The standard InChI is InChI=1S/C10H18O2/c1-3-8(4-2)7-10(5-6-10)9(11)12/h8H,3-7H2,1-2H3,(H,11,12). The molecule has 1 fully saturated rings. The van der Waals surface area contributed by atoms with E-state index in [1.165, 1.54) is 0 Å². The van der Waals surface area contributed by atoms with Crippen LogP contribution in [-0.2, 0) is 4.79 Å². The third kappa shape index (κ3) is 1.79. The molecule has 2 heteroatoms. The van der Waals surface area contributed by atoms with E-state index >= 15 is 0 Å². The number of carbonyl (C=O) groups is 1. The van der Waals surface area contributed by atoms with Gasteiger partial charge in [-0.05, 0) is 25.2 Å². The van der Waals surface area contributed by atoms with Gasteiger partial charge in [-0.3, -0.25) is 4.79 Å². The van der Waals surface area contributed by atoms with Crippen molar-refractivity contribution in [2.45, 2.75) is 46.0 Å². The van der Waals surface area contributed by atoms with Crippen molar-refractivity contribution in [3.63, 3.8) is 0 Å². The van der Waals surface area contributed by atoms with Crippen LogP contribution >= 0.6 is 0 Å². The molecule has 1 aliphatic carbocycles. The summed E-state index contributed by atoms with van der Waals surface area (Å²) in [4.78, 5) is 10.9. The minimum absolute atomic E-state index is 0.309. The largest absolute Gasteiger partial charge is 0.481 e. The number of aliphatic carboxylic acids is 1. The quantitative estimate of drug-likeness (QED) is 0.688. The van der Waals surface area contributed by atoms with Gasteiger partial charge in [-0.25, -0.2) is 0 Å². The van der Waals surface area contributed by atoms with E-state index in [0.29, 0.717) is 5.92 Å². The lowest BCUT2D eigenvalue weighted by Gasteiger charge is -2.16. The average molecular weight is 170 g/mol. The van der Waals surface area contributed by atoms with E-state index in [9.17, 15) is 4.79 Å².